The molecule has 4 rings (SSSR count). The molecule has 2 amide bonds. The van der Waals surface area contributed by atoms with Crippen LogP contribution in [0.3, 0.4) is 0 Å². The summed E-state index contributed by atoms with van der Waals surface area (Å²) in [6.45, 7) is 9.09. The van der Waals surface area contributed by atoms with Crippen LogP contribution in [0.4, 0.5) is 0 Å². The molecule has 220 valence electrons. The minimum Gasteiger partial charge on any atom is -0.464 e. The first kappa shape index (κ1) is 30.8. The van der Waals surface area contributed by atoms with Crippen LogP contribution >= 0.6 is 0 Å². The molecule has 0 aliphatic rings. The summed E-state index contributed by atoms with van der Waals surface area (Å²) in [5.41, 5.74) is 4.45. The van der Waals surface area contributed by atoms with Crippen molar-refractivity contribution in [3.05, 3.63) is 117 Å². The van der Waals surface area contributed by atoms with Gasteiger partial charge in [-0.2, -0.15) is 0 Å². The van der Waals surface area contributed by atoms with Gasteiger partial charge >= 0.3 is 0 Å². The van der Waals surface area contributed by atoms with Crippen molar-refractivity contribution in [2.75, 3.05) is 13.1 Å². The first-order chi connectivity index (χ1) is 20.2. The summed E-state index contributed by atoms with van der Waals surface area (Å²) in [7, 11) is 0. The lowest BCUT2D eigenvalue weighted by Gasteiger charge is -2.28. The highest BCUT2D eigenvalue weighted by Gasteiger charge is 2.24. The molecule has 6 heteroatoms. The molecule has 1 aromatic heterocycles. The molecular weight excluding hydrogens is 524 g/mol. The predicted molar refractivity (Wildman–Crippen MR) is 168 cm³/mol. The van der Waals surface area contributed by atoms with E-state index in [1.807, 2.05) is 73.7 Å². The van der Waals surface area contributed by atoms with Crippen LogP contribution in [0.1, 0.15) is 72.6 Å². The number of hydrogen-bond donors (Lipinski definition) is 0. The van der Waals surface area contributed by atoms with Gasteiger partial charge in [-0.3, -0.25) is 14.4 Å². The van der Waals surface area contributed by atoms with E-state index in [-0.39, 0.29) is 30.3 Å². The smallest absolute Gasteiger partial charge is 0.254 e. The first-order valence-corrected chi connectivity index (χ1v) is 15.0. The number of unbranched alkanes of at least 4 members (excludes halogenated alkanes) is 1. The van der Waals surface area contributed by atoms with Crippen LogP contribution in [0.2, 0.25) is 0 Å². The number of carbonyl (C=O) groups excluding carboxylic acids is 2. The lowest BCUT2D eigenvalue weighted by molar-refractivity contribution is -0.133. The SMILES string of the molecule is CCCCc1ccc(C(=O)N(CCC(C)C)CC(=O)N(Cc2ccccc2)Cc2coc3ccc(C)cc3c2=O)cc1. The minimum absolute atomic E-state index is 0.0754. The van der Waals surface area contributed by atoms with Gasteiger partial charge in [0.1, 0.15) is 12.1 Å². The number of carbonyl (C=O) groups is 2. The number of benzene rings is 3. The van der Waals surface area contributed by atoms with Gasteiger partial charge in [0.15, 0.2) is 5.43 Å². The largest absolute Gasteiger partial charge is 0.464 e. The summed E-state index contributed by atoms with van der Waals surface area (Å²) in [5, 5.41) is 0.496. The third-order valence-corrected chi connectivity index (χ3v) is 7.54. The second kappa shape index (κ2) is 14.6. The van der Waals surface area contributed by atoms with Crippen molar-refractivity contribution >= 4 is 22.8 Å². The van der Waals surface area contributed by atoms with E-state index in [2.05, 4.69) is 20.8 Å². The fourth-order valence-corrected chi connectivity index (χ4v) is 4.94. The summed E-state index contributed by atoms with van der Waals surface area (Å²) in [6.07, 6.45) is 5.44. The van der Waals surface area contributed by atoms with Crippen LogP contribution in [0, 0.1) is 12.8 Å². The Morgan fingerprint density at radius 1 is 0.881 bits per heavy atom. The Labute approximate surface area is 249 Å². The van der Waals surface area contributed by atoms with Crippen LogP contribution in [0.25, 0.3) is 11.0 Å². The van der Waals surface area contributed by atoms with E-state index < -0.39 is 0 Å². The Morgan fingerprint density at radius 2 is 1.62 bits per heavy atom. The van der Waals surface area contributed by atoms with Crippen molar-refractivity contribution < 1.29 is 14.0 Å². The molecular formula is C36H42N2O4. The van der Waals surface area contributed by atoms with E-state index in [1.165, 1.54) is 11.8 Å². The Morgan fingerprint density at radius 3 is 2.31 bits per heavy atom. The van der Waals surface area contributed by atoms with Gasteiger partial charge in [0.05, 0.1) is 23.8 Å². The van der Waals surface area contributed by atoms with E-state index in [9.17, 15) is 14.4 Å². The molecule has 1 heterocycles. The molecule has 0 unspecified atom stereocenters. The predicted octanol–water partition coefficient (Wildman–Crippen LogP) is 7.16. The minimum atomic E-state index is -0.223. The number of fused-ring (bicyclic) bond motifs is 1. The van der Waals surface area contributed by atoms with Crippen molar-refractivity contribution in [1.82, 2.24) is 9.80 Å². The number of nitrogens with zero attached hydrogens (tertiary/aromatic N) is 2. The van der Waals surface area contributed by atoms with E-state index in [1.54, 1.807) is 15.9 Å². The molecule has 6 nitrogen and oxygen atoms in total. The maximum atomic E-state index is 13.9. The Bertz CT molecular complexity index is 1540. The summed E-state index contributed by atoms with van der Waals surface area (Å²) in [6, 6.07) is 22.9. The molecule has 0 saturated carbocycles. The van der Waals surface area contributed by atoms with Crippen LogP contribution < -0.4 is 5.43 Å². The van der Waals surface area contributed by atoms with E-state index in [0.29, 0.717) is 41.1 Å². The summed E-state index contributed by atoms with van der Waals surface area (Å²) < 4.78 is 5.78. The molecule has 0 fully saturated rings. The van der Waals surface area contributed by atoms with Gasteiger partial charge in [-0.15, -0.1) is 0 Å². The molecule has 4 aromatic rings. The van der Waals surface area contributed by atoms with E-state index >= 15 is 0 Å². The summed E-state index contributed by atoms with van der Waals surface area (Å²) in [5.74, 6) is -0.0106. The standard InChI is InChI=1S/C36H42N2O4/c1-5-6-10-28-14-16-30(17-15-28)36(41)37(20-19-26(2)3)24-34(39)38(22-29-11-8-7-9-12-29)23-31-25-42-33-18-13-27(4)21-32(33)35(31)40/h7-9,11-18,21,25-26H,5-6,10,19-20,22-24H2,1-4H3. The van der Waals surface area contributed by atoms with Crippen molar-refractivity contribution in [2.24, 2.45) is 5.92 Å². The highest BCUT2D eigenvalue weighted by molar-refractivity contribution is 5.96. The second-order valence-electron chi connectivity index (χ2n) is 11.5. The van der Waals surface area contributed by atoms with Gasteiger partial charge in [-0.25, -0.2) is 0 Å². The lowest BCUT2D eigenvalue weighted by Crippen LogP contribution is -2.43. The molecule has 0 saturated heterocycles. The average molecular weight is 567 g/mol. The maximum absolute atomic E-state index is 13.9. The number of hydrogen-bond acceptors (Lipinski definition) is 4. The molecule has 42 heavy (non-hydrogen) atoms. The van der Waals surface area contributed by atoms with Crippen molar-refractivity contribution in [1.29, 1.82) is 0 Å². The summed E-state index contributed by atoms with van der Waals surface area (Å²) >= 11 is 0. The lowest BCUT2D eigenvalue weighted by atomic mass is 10.1. The number of aryl methyl sites for hydroxylation is 2. The Kier molecular flexibility index (Phi) is 10.7. The molecule has 0 radical (unpaired) electrons. The van der Waals surface area contributed by atoms with Gasteiger partial charge < -0.3 is 14.2 Å². The zero-order valence-electron chi connectivity index (χ0n) is 25.3. The Hall–Kier alpha value is -4.19. The molecule has 0 spiro atoms. The van der Waals surface area contributed by atoms with Gasteiger partial charge in [0.25, 0.3) is 5.91 Å². The zero-order chi connectivity index (χ0) is 30.1. The van der Waals surface area contributed by atoms with Crippen molar-refractivity contribution in [3.8, 4) is 0 Å². The molecule has 0 aliphatic carbocycles. The third-order valence-electron chi connectivity index (χ3n) is 7.54. The fourth-order valence-electron chi connectivity index (χ4n) is 4.94. The topological polar surface area (TPSA) is 70.8 Å². The molecule has 0 bridgehead atoms. The Balaban J connectivity index is 1.60. The van der Waals surface area contributed by atoms with Gasteiger partial charge in [0.2, 0.25) is 5.91 Å². The normalized spacial score (nSPS) is 11.2. The molecule has 0 atom stereocenters. The van der Waals surface area contributed by atoms with Crippen molar-refractivity contribution in [2.45, 2.75) is 66.5 Å². The third kappa shape index (κ3) is 8.19. The maximum Gasteiger partial charge on any atom is 0.254 e. The van der Waals surface area contributed by atoms with E-state index in [0.717, 1.165) is 36.8 Å². The zero-order valence-corrected chi connectivity index (χ0v) is 25.3. The quantitative estimate of drug-likeness (QED) is 0.172. The van der Waals surface area contributed by atoms with Crippen LogP contribution in [-0.2, 0) is 24.3 Å². The van der Waals surface area contributed by atoms with E-state index in [4.69, 9.17) is 4.42 Å². The fraction of sp³-hybridized carbons (Fsp3) is 0.361. The van der Waals surface area contributed by atoms with Crippen molar-refractivity contribution in [3.63, 3.8) is 0 Å². The second-order valence-corrected chi connectivity index (χ2v) is 11.5. The first-order valence-electron chi connectivity index (χ1n) is 15.0. The molecule has 0 aliphatic heterocycles. The van der Waals surface area contributed by atoms with Crippen LogP contribution in [0.15, 0.2) is 88.3 Å². The monoisotopic (exact) mass is 566 g/mol. The highest BCUT2D eigenvalue weighted by Crippen LogP contribution is 2.17. The van der Waals surface area contributed by atoms with Crippen LogP contribution in [-0.4, -0.2) is 34.7 Å². The van der Waals surface area contributed by atoms with Gasteiger partial charge in [0, 0.05) is 18.7 Å². The van der Waals surface area contributed by atoms with Gasteiger partial charge in [-0.05, 0) is 67.5 Å². The molecule has 3 aromatic carbocycles. The van der Waals surface area contributed by atoms with Gasteiger partial charge in [-0.1, -0.05) is 81.3 Å². The van der Waals surface area contributed by atoms with Crippen LogP contribution in [0.5, 0.6) is 0 Å². The number of rotatable bonds is 13. The average Bonchev–Trinajstić information content (AvgIpc) is 2.99. The molecule has 0 N–H and O–H groups in total. The highest BCUT2D eigenvalue weighted by atomic mass is 16.3. The number of amides is 2. The summed E-state index contributed by atoms with van der Waals surface area (Å²) in [4.78, 5) is 44.3.